The molecule has 194 valence electrons. The number of aliphatic hydroxyl groups is 2. The number of phenols is 1. The second-order valence-corrected chi connectivity index (χ2v) is 10.1. The van der Waals surface area contributed by atoms with Crippen molar-refractivity contribution in [2.45, 2.75) is 44.9 Å². The number of hydrogen-bond donors (Lipinski definition) is 5. The molecular formula is C26H34N4O6. The Morgan fingerprint density at radius 3 is 2.36 bits per heavy atom. The predicted octanol–water partition coefficient (Wildman–Crippen LogP) is 0.363. The molecule has 4 atom stereocenters. The van der Waals surface area contributed by atoms with Crippen LogP contribution in [0.15, 0.2) is 34.7 Å². The van der Waals surface area contributed by atoms with Crippen molar-refractivity contribution in [3.8, 4) is 5.75 Å². The Morgan fingerprint density at radius 1 is 1.17 bits per heavy atom. The molecule has 0 radical (unpaired) electrons. The molecule has 0 unspecified atom stereocenters. The van der Waals surface area contributed by atoms with Crippen molar-refractivity contribution < 1.29 is 29.7 Å². The van der Waals surface area contributed by atoms with Gasteiger partial charge in [-0.25, -0.2) is 0 Å². The number of aromatic hydroxyl groups is 1. The Balaban J connectivity index is 1.91. The minimum atomic E-state index is -2.55. The van der Waals surface area contributed by atoms with Crippen molar-refractivity contribution in [2.24, 2.45) is 23.3 Å². The molecule has 1 aromatic carbocycles. The van der Waals surface area contributed by atoms with Crippen LogP contribution in [0.5, 0.6) is 5.75 Å². The molecule has 7 N–H and O–H groups in total. The Morgan fingerprint density at radius 2 is 1.81 bits per heavy atom. The molecule has 0 saturated heterocycles. The van der Waals surface area contributed by atoms with E-state index < -0.39 is 52.3 Å². The van der Waals surface area contributed by atoms with Gasteiger partial charge in [0.25, 0.3) is 5.91 Å². The molecule has 1 amide bonds. The number of aliphatic hydroxyl groups excluding tert-OH is 1. The number of phenolic OH excluding ortho intramolecular Hbond substituents is 1. The van der Waals surface area contributed by atoms with E-state index in [0.717, 1.165) is 18.7 Å². The van der Waals surface area contributed by atoms with Crippen molar-refractivity contribution in [1.29, 1.82) is 0 Å². The molecule has 0 heterocycles. The number of benzene rings is 1. The lowest BCUT2D eigenvalue weighted by Gasteiger charge is -2.50. The number of carbonyl (C=O) groups excluding carboxylic acids is 3. The van der Waals surface area contributed by atoms with Gasteiger partial charge in [0.15, 0.2) is 11.4 Å². The molecule has 0 aliphatic heterocycles. The number of amides is 1. The Bertz CT molecular complexity index is 1220. The number of Topliss-reactive ketones (excluding diaryl/α,β-unsaturated/α-hetero) is 2. The zero-order chi connectivity index (χ0) is 26.7. The topological polar surface area (TPSA) is 170 Å². The lowest BCUT2D eigenvalue weighted by molar-refractivity contribution is -0.146. The smallest absolute Gasteiger partial charge is 0.254 e. The molecule has 0 bridgehead atoms. The van der Waals surface area contributed by atoms with Gasteiger partial charge in [0, 0.05) is 23.7 Å². The first-order chi connectivity index (χ1) is 16.9. The SMILES string of the molecule is CCN(CC)Cc1ccc(O)c2c1C[C@H]1C[C@H]3[C@@H](N(C)C)C(N)=C(C(N)=O)C(=O)[C@@]3(O)C(O)=C1C2=O. The first-order valence-electron chi connectivity index (χ1n) is 12.2. The zero-order valence-corrected chi connectivity index (χ0v) is 21.0. The van der Waals surface area contributed by atoms with Crippen molar-refractivity contribution in [3.05, 3.63) is 51.4 Å². The van der Waals surface area contributed by atoms with E-state index >= 15 is 0 Å². The summed E-state index contributed by atoms with van der Waals surface area (Å²) in [6.45, 7) is 6.30. The van der Waals surface area contributed by atoms with Crippen LogP contribution in [0.1, 0.15) is 41.8 Å². The summed E-state index contributed by atoms with van der Waals surface area (Å²) in [5.41, 5.74) is 10.0. The highest BCUT2D eigenvalue weighted by atomic mass is 16.3. The number of hydrogen-bond acceptors (Lipinski definition) is 9. The van der Waals surface area contributed by atoms with E-state index in [1.165, 1.54) is 6.07 Å². The number of allylic oxidation sites excluding steroid dienone is 1. The second-order valence-electron chi connectivity index (χ2n) is 10.1. The lowest BCUT2D eigenvalue weighted by atomic mass is 9.58. The summed E-state index contributed by atoms with van der Waals surface area (Å²) in [6.07, 6.45) is 0.488. The number of carbonyl (C=O) groups is 3. The molecule has 0 saturated carbocycles. The number of nitrogens with zero attached hydrogens (tertiary/aromatic N) is 2. The van der Waals surface area contributed by atoms with Crippen LogP contribution in [0.25, 0.3) is 0 Å². The third-order valence-corrected chi connectivity index (χ3v) is 8.06. The van der Waals surface area contributed by atoms with Crippen LogP contribution in [0.3, 0.4) is 0 Å². The highest BCUT2D eigenvalue weighted by Crippen LogP contribution is 2.52. The molecule has 3 aliphatic rings. The second kappa shape index (κ2) is 9.02. The van der Waals surface area contributed by atoms with Gasteiger partial charge in [-0.1, -0.05) is 19.9 Å². The summed E-state index contributed by atoms with van der Waals surface area (Å²) in [5.74, 6) is -5.33. The molecule has 1 aromatic rings. The Hall–Kier alpha value is -3.21. The fraction of sp³-hybridized carbons (Fsp3) is 0.500. The summed E-state index contributed by atoms with van der Waals surface area (Å²) >= 11 is 0. The maximum atomic E-state index is 13.7. The van der Waals surface area contributed by atoms with Gasteiger partial charge in [0.2, 0.25) is 5.78 Å². The van der Waals surface area contributed by atoms with Crippen molar-refractivity contribution in [3.63, 3.8) is 0 Å². The summed E-state index contributed by atoms with van der Waals surface area (Å²) in [7, 11) is 3.37. The van der Waals surface area contributed by atoms with E-state index in [9.17, 15) is 29.7 Å². The van der Waals surface area contributed by atoms with Crippen LogP contribution >= 0.6 is 0 Å². The van der Waals surface area contributed by atoms with E-state index in [-0.39, 0.29) is 29.0 Å². The van der Waals surface area contributed by atoms with Crippen LogP contribution < -0.4 is 11.5 Å². The number of ketones is 2. The zero-order valence-electron chi connectivity index (χ0n) is 21.0. The van der Waals surface area contributed by atoms with Crippen LogP contribution in [-0.2, 0) is 22.6 Å². The maximum absolute atomic E-state index is 13.7. The number of primary amides is 1. The maximum Gasteiger partial charge on any atom is 0.254 e. The lowest BCUT2D eigenvalue weighted by Crippen LogP contribution is -2.64. The van der Waals surface area contributed by atoms with E-state index in [2.05, 4.69) is 4.90 Å². The van der Waals surface area contributed by atoms with Gasteiger partial charge in [-0.2, -0.15) is 0 Å². The van der Waals surface area contributed by atoms with Crippen LogP contribution in [0.4, 0.5) is 0 Å². The number of likely N-dealkylation sites (N-methyl/N-ethyl adjacent to an activating group) is 1. The van der Waals surface area contributed by atoms with Crippen molar-refractivity contribution >= 4 is 17.5 Å². The number of nitrogens with two attached hydrogens (primary N) is 2. The molecule has 4 rings (SSSR count). The molecule has 10 nitrogen and oxygen atoms in total. The number of rotatable bonds is 6. The van der Waals surface area contributed by atoms with E-state index in [4.69, 9.17) is 11.5 Å². The van der Waals surface area contributed by atoms with Crippen molar-refractivity contribution in [2.75, 3.05) is 27.2 Å². The summed E-state index contributed by atoms with van der Waals surface area (Å²) in [5, 5.41) is 33.7. The predicted molar refractivity (Wildman–Crippen MR) is 132 cm³/mol. The molecule has 36 heavy (non-hydrogen) atoms. The molecule has 0 spiro atoms. The molecular weight excluding hydrogens is 464 g/mol. The number of fused-ring (bicyclic) bond motifs is 3. The van der Waals surface area contributed by atoms with E-state index in [1.807, 2.05) is 13.8 Å². The van der Waals surface area contributed by atoms with E-state index in [0.29, 0.717) is 18.5 Å². The molecule has 10 heteroatoms. The van der Waals surface area contributed by atoms with Gasteiger partial charge in [-0.3, -0.25) is 19.3 Å². The quantitative estimate of drug-likeness (QED) is 0.348. The largest absolute Gasteiger partial charge is 0.508 e. The molecule has 3 aliphatic carbocycles. The highest BCUT2D eigenvalue weighted by molar-refractivity contribution is 6.25. The molecule has 0 aromatic heterocycles. The van der Waals surface area contributed by atoms with Crippen LogP contribution in [-0.4, -0.2) is 81.4 Å². The summed E-state index contributed by atoms with van der Waals surface area (Å²) < 4.78 is 0. The first kappa shape index (κ1) is 25.9. The summed E-state index contributed by atoms with van der Waals surface area (Å²) in [6, 6.07) is 2.48. The van der Waals surface area contributed by atoms with Gasteiger partial charge in [0.05, 0.1) is 11.6 Å². The van der Waals surface area contributed by atoms with Crippen molar-refractivity contribution in [1.82, 2.24) is 9.80 Å². The van der Waals surface area contributed by atoms with E-state index in [1.54, 1.807) is 25.1 Å². The normalized spacial score (nSPS) is 27.9. The molecule has 0 fully saturated rings. The van der Waals surface area contributed by atoms with Gasteiger partial charge in [0.1, 0.15) is 17.1 Å². The Kier molecular flexibility index (Phi) is 6.48. The fourth-order valence-electron chi connectivity index (χ4n) is 6.24. The monoisotopic (exact) mass is 498 g/mol. The van der Waals surface area contributed by atoms with Crippen LogP contribution in [0, 0.1) is 11.8 Å². The average Bonchev–Trinajstić information content (AvgIpc) is 2.80. The van der Waals surface area contributed by atoms with Gasteiger partial charge in [-0.15, -0.1) is 0 Å². The Labute approximate surface area is 209 Å². The standard InChI is InChI=1S/C26H34N4O6/c1-5-30(6-2)11-12-7-8-16(31)18-14(12)9-13-10-15-21(29(3)4)20(27)19(25(28)35)24(34)26(15,36)23(33)17(13)22(18)32/h7-8,13,15,21,31,33,36H,5-6,9-11,27H2,1-4H3,(H2,28,35)/t13-,15-,21+,26-/m0/s1. The summed E-state index contributed by atoms with van der Waals surface area (Å²) in [4.78, 5) is 43.1. The van der Waals surface area contributed by atoms with Gasteiger partial charge in [-0.05, 0) is 63.1 Å². The van der Waals surface area contributed by atoms with Gasteiger partial charge < -0.3 is 31.7 Å². The third-order valence-electron chi connectivity index (χ3n) is 8.06. The average molecular weight is 499 g/mol. The third kappa shape index (κ3) is 3.55. The first-order valence-corrected chi connectivity index (χ1v) is 12.2. The minimum absolute atomic E-state index is 0.0640. The van der Waals surface area contributed by atoms with Gasteiger partial charge >= 0.3 is 0 Å². The highest BCUT2D eigenvalue weighted by Gasteiger charge is 2.62. The minimum Gasteiger partial charge on any atom is -0.508 e. The van der Waals surface area contributed by atoms with Crippen LogP contribution in [0.2, 0.25) is 0 Å². The fourth-order valence-corrected chi connectivity index (χ4v) is 6.24.